The van der Waals surface area contributed by atoms with Gasteiger partial charge < -0.3 is 0 Å². The summed E-state index contributed by atoms with van der Waals surface area (Å²) in [6.07, 6.45) is 9.30. The zero-order chi connectivity index (χ0) is 15.3. The van der Waals surface area contributed by atoms with Crippen LogP contribution in [0.15, 0.2) is 24.3 Å². The molecule has 0 bridgehead atoms. The molecule has 0 atom stereocenters. The van der Waals surface area contributed by atoms with Crippen molar-refractivity contribution in [1.82, 2.24) is 0 Å². The van der Waals surface area contributed by atoms with E-state index in [2.05, 4.69) is 45.0 Å². The van der Waals surface area contributed by atoms with Crippen LogP contribution in [-0.4, -0.2) is 5.78 Å². The number of carbonyl (C=O) groups is 1. The lowest BCUT2D eigenvalue weighted by Gasteiger charge is -2.21. The van der Waals surface area contributed by atoms with Crippen molar-refractivity contribution >= 4 is 5.78 Å². The molecule has 0 amide bonds. The second kappa shape index (κ2) is 7.24. The van der Waals surface area contributed by atoms with E-state index in [1.165, 1.54) is 37.7 Å². The third kappa shape index (κ3) is 5.30. The predicted octanol–water partition coefficient (Wildman–Crippen LogP) is 5.46. The van der Waals surface area contributed by atoms with E-state index in [1.54, 1.807) is 0 Å². The SMILES string of the molecule is CC(C)(C)c1ccc(CC(=O)CCC2CCCCC2)cc1. The second-order valence-corrected chi connectivity index (χ2v) is 7.71. The summed E-state index contributed by atoms with van der Waals surface area (Å²) in [5.41, 5.74) is 2.68. The van der Waals surface area contributed by atoms with Gasteiger partial charge in [0, 0.05) is 12.8 Å². The lowest BCUT2D eigenvalue weighted by atomic mass is 9.85. The fraction of sp³-hybridized carbons (Fsp3) is 0.650. The monoisotopic (exact) mass is 286 g/mol. The van der Waals surface area contributed by atoms with Crippen molar-refractivity contribution in [3.05, 3.63) is 35.4 Å². The molecule has 0 heterocycles. The maximum atomic E-state index is 12.1. The molecule has 1 saturated carbocycles. The minimum Gasteiger partial charge on any atom is -0.299 e. The van der Waals surface area contributed by atoms with Crippen molar-refractivity contribution in [1.29, 1.82) is 0 Å². The molecule has 21 heavy (non-hydrogen) atoms. The zero-order valence-corrected chi connectivity index (χ0v) is 14.0. The van der Waals surface area contributed by atoms with E-state index in [9.17, 15) is 4.79 Å². The molecule has 0 spiro atoms. The van der Waals surface area contributed by atoms with Crippen molar-refractivity contribution in [2.24, 2.45) is 5.92 Å². The summed E-state index contributed by atoms with van der Waals surface area (Å²) in [5.74, 6) is 1.22. The molecule has 1 aromatic rings. The van der Waals surface area contributed by atoms with Gasteiger partial charge in [-0.1, -0.05) is 77.1 Å². The molecule has 1 aliphatic carbocycles. The van der Waals surface area contributed by atoms with Crippen LogP contribution in [0.1, 0.15) is 76.8 Å². The molecule has 1 aromatic carbocycles. The Hall–Kier alpha value is -1.11. The highest BCUT2D eigenvalue weighted by Crippen LogP contribution is 2.27. The van der Waals surface area contributed by atoms with Crippen molar-refractivity contribution < 1.29 is 4.79 Å². The van der Waals surface area contributed by atoms with Gasteiger partial charge in [-0.25, -0.2) is 0 Å². The maximum Gasteiger partial charge on any atom is 0.137 e. The van der Waals surface area contributed by atoms with Crippen molar-refractivity contribution in [2.45, 2.75) is 77.6 Å². The maximum absolute atomic E-state index is 12.1. The number of hydrogen-bond donors (Lipinski definition) is 0. The third-order valence-electron chi connectivity index (χ3n) is 4.78. The summed E-state index contributed by atoms with van der Waals surface area (Å²) in [5, 5.41) is 0. The summed E-state index contributed by atoms with van der Waals surface area (Å²) >= 11 is 0. The highest BCUT2D eigenvalue weighted by atomic mass is 16.1. The molecule has 0 radical (unpaired) electrons. The highest BCUT2D eigenvalue weighted by molar-refractivity contribution is 5.80. The first-order valence-electron chi connectivity index (χ1n) is 8.56. The van der Waals surface area contributed by atoms with Crippen LogP contribution in [0.2, 0.25) is 0 Å². The molecule has 1 heteroatoms. The molecule has 0 aromatic heterocycles. The summed E-state index contributed by atoms with van der Waals surface area (Å²) in [6, 6.07) is 8.59. The summed E-state index contributed by atoms with van der Waals surface area (Å²) in [7, 11) is 0. The number of Topliss-reactive ketones (excluding diaryl/α,β-unsaturated/α-hetero) is 1. The lowest BCUT2D eigenvalue weighted by molar-refractivity contribution is -0.118. The summed E-state index contributed by atoms with van der Waals surface area (Å²) < 4.78 is 0. The van der Waals surface area contributed by atoms with Gasteiger partial charge in [-0.2, -0.15) is 0 Å². The van der Waals surface area contributed by atoms with Gasteiger partial charge in [-0.05, 0) is 28.9 Å². The predicted molar refractivity (Wildman–Crippen MR) is 89.7 cm³/mol. The number of benzene rings is 1. The first kappa shape index (κ1) is 16.3. The molecule has 2 rings (SSSR count). The molecule has 1 nitrogen and oxygen atoms in total. The van der Waals surface area contributed by atoms with E-state index in [-0.39, 0.29) is 5.41 Å². The molecule has 1 fully saturated rings. The van der Waals surface area contributed by atoms with E-state index in [1.807, 2.05) is 0 Å². The van der Waals surface area contributed by atoms with E-state index >= 15 is 0 Å². The van der Waals surface area contributed by atoms with Gasteiger partial charge in [-0.15, -0.1) is 0 Å². The minimum atomic E-state index is 0.184. The Morgan fingerprint density at radius 1 is 1.05 bits per heavy atom. The van der Waals surface area contributed by atoms with Crippen LogP contribution in [-0.2, 0) is 16.6 Å². The Labute approximate surface area is 130 Å². The van der Waals surface area contributed by atoms with Gasteiger partial charge in [0.25, 0.3) is 0 Å². The van der Waals surface area contributed by atoms with E-state index < -0.39 is 0 Å². The van der Waals surface area contributed by atoms with Crippen LogP contribution in [0, 0.1) is 5.92 Å². The Balaban J connectivity index is 1.79. The number of carbonyl (C=O) groups excluding carboxylic acids is 1. The molecule has 0 aliphatic heterocycles. The van der Waals surface area contributed by atoms with E-state index in [0.717, 1.165) is 24.3 Å². The summed E-state index contributed by atoms with van der Waals surface area (Å²) in [4.78, 5) is 12.1. The van der Waals surface area contributed by atoms with Crippen LogP contribution in [0.25, 0.3) is 0 Å². The van der Waals surface area contributed by atoms with Crippen molar-refractivity contribution in [3.8, 4) is 0 Å². The van der Waals surface area contributed by atoms with Crippen LogP contribution in [0.5, 0.6) is 0 Å². The molecule has 116 valence electrons. The van der Waals surface area contributed by atoms with Gasteiger partial charge >= 0.3 is 0 Å². The van der Waals surface area contributed by atoms with Gasteiger partial charge in [0.1, 0.15) is 5.78 Å². The largest absolute Gasteiger partial charge is 0.299 e. The Morgan fingerprint density at radius 3 is 2.24 bits per heavy atom. The number of rotatable bonds is 5. The average molecular weight is 286 g/mol. The molecule has 1 aliphatic rings. The Kier molecular flexibility index (Phi) is 5.61. The fourth-order valence-corrected chi connectivity index (χ4v) is 3.28. The molecular weight excluding hydrogens is 256 g/mol. The molecular formula is C20H30O. The second-order valence-electron chi connectivity index (χ2n) is 7.71. The normalized spacial score (nSPS) is 16.9. The Morgan fingerprint density at radius 2 is 1.67 bits per heavy atom. The van der Waals surface area contributed by atoms with Crippen LogP contribution in [0.4, 0.5) is 0 Å². The first-order valence-corrected chi connectivity index (χ1v) is 8.56. The highest BCUT2D eigenvalue weighted by Gasteiger charge is 2.16. The zero-order valence-electron chi connectivity index (χ0n) is 14.0. The first-order chi connectivity index (χ1) is 9.95. The number of hydrogen-bond acceptors (Lipinski definition) is 1. The smallest absolute Gasteiger partial charge is 0.137 e. The average Bonchev–Trinajstić information content (AvgIpc) is 2.46. The quantitative estimate of drug-likeness (QED) is 0.702. The van der Waals surface area contributed by atoms with Crippen molar-refractivity contribution in [3.63, 3.8) is 0 Å². The Bertz CT molecular complexity index is 444. The molecule has 0 N–H and O–H groups in total. The lowest BCUT2D eigenvalue weighted by Crippen LogP contribution is -2.12. The van der Waals surface area contributed by atoms with Crippen LogP contribution in [0.3, 0.4) is 0 Å². The van der Waals surface area contributed by atoms with Gasteiger partial charge in [0.15, 0.2) is 0 Å². The molecule has 0 unspecified atom stereocenters. The van der Waals surface area contributed by atoms with Gasteiger partial charge in [0.05, 0.1) is 0 Å². The fourth-order valence-electron chi connectivity index (χ4n) is 3.28. The number of ketones is 1. The topological polar surface area (TPSA) is 17.1 Å². The van der Waals surface area contributed by atoms with Gasteiger partial charge in [-0.3, -0.25) is 4.79 Å². The third-order valence-corrected chi connectivity index (χ3v) is 4.78. The van der Waals surface area contributed by atoms with E-state index in [0.29, 0.717) is 12.2 Å². The summed E-state index contributed by atoms with van der Waals surface area (Å²) in [6.45, 7) is 6.66. The van der Waals surface area contributed by atoms with E-state index in [4.69, 9.17) is 0 Å². The minimum absolute atomic E-state index is 0.184. The van der Waals surface area contributed by atoms with Gasteiger partial charge in [0.2, 0.25) is 0 Å². The van der Waals surface area contributed by atoms with Crippen molar-refractivity contribution in [2.75, 3.05) is 0 Å². The van der Waals surface area contributed by atoms with Crippen LogP contribution >= 0.6 is 0 Å². The molecule has 0 saturated heterocycles. The van der Waals surface area contributed by atoms with Crippen LogP contribution < -0.4 is 0 Å². The standard InChI is InChI=1S/C20H30O/c1-20(2,3)18-12-9-17(10-13-18)15-19(21)14-11-16-7-5-4-6-8-16/h9-10,12-13,16H,4-8,11,14-15H2,1-3H3.